The molecule has 0 radical (unpaired) electrons. The zero-order valence-electron chi connectivity index (χ0n) is 15.1. The second-order valence-corrected chi connectivity index (χ2v) is 6.82. The number of carboxylic acids is 1. The smallest absolute Gasteiger partial charge is 0.335 e. The molecule has 0 aliphatic carbocycles. The van der Waals surface area contributed by atoms with Gasteiger partial charge in [0.1, 0.15) is 5.69 Å². The van der Waals surface area contributed by atoms with Crippen LogP contribution in [0, 0.1) is 0 Å². The van der Waals surface area contributed by atoms with Crippen molar-refractivity contribution in [3.05, 3.63) is 65.9 Å². The van der Waals surface area contributed by atoms with Crippen LogP contribution in [0.5, 0.6) is 0 Å². The van der Waals surface area contributed by atoms with Gasteiger partial charge in [-0.15, -0.1) is 0 Å². The zero-order valence-corrected chi connectivity index (χ0v) is 15.1. The van der Waals surface area contributed by atoms with Gasteiger partial charge in [0.2, 0.25) is 0 Å². The molecule has 7 heteroatoms. The van der Waals surface area contributed by atoms with Crippen LogP contribution < -0.4 is 0 Å². The Labute approximate surface area is 157 Å². The number of hydrogen-bond acceptors (Lipinski definition) is 5. The van der Waals surface area contributed by atoms with Crippen LogP contribution in [0.3, 0.4) is 0 Å². The van der Waals surface area contributed by atoms with Crippen molar-refractivity contribution in [3.8, 4) is 11.5 Å². The van der Waals surface area contributed by atoms with Crippen molar-refractivity contribution in [2.75, 3.05) is 6.54 Å². The number of aryl methyl sites for hydroxylation is 1. The molecule has 0 saturated carbocycles. The standard InChI is InChI=1S/C20H21N5O2/c1-24-9-7-22-19(24)17-12-21-11-16(23-17)18-6-3-8-25(18)13-14-4-2-5-15(10-14)20(26)27/h2,4-5,7,9-12,18H,3,6,8,13H2,1H3,(H,26,27)/t18-/m0/s1. The number of imidazole rings is 1. The number of carbonyl (C=O) groups is 1. The van der Waals surface area contributed by atoms with Crippen LogP contribution in [0.25, 0.3) is 11.5 Å². The molecule has 0 bridgehead atoms. The molecular formula is C20H21N5O2. The second kappa shape index (κ2) is 7.28. The third kappa shape index (κ3) is 3.59. The minimum Gasteiger partial charge on any atom is -0.478 e. The third-order valence-corrected chi connectivity index (χ3v) is 4.97. The van der Waals surface area contributed by atoms with Gasteiger partial charge in [-0.3, -0.25) is 9.88 Å². The summed E-state index contributed by atoms with van der Waals surface area (Å²) < 4.78 is 1.93. The summed E-state index contributed by atoms with van der Waals surface area (Å²) in [5.41, 5.74) is 3.01. The summed E-state index contributed by atoms with van der Waals surface area (Å²) in [4.78, 5) is 27.1. The monoisotopic (exact) mass is 363 g/mol. The van der Waals surface area contributed by atoms with E-state index in [1.807, 2.05) is 30.1 Å². The third-order valence-electron chi connectivity index (χ3n) is 4.97. The minimum atomic E-state index is -0.900. The quantitative estimate of drug-likeness (QED) is 0.750. The van der Waals surface area contributed by atoms with E-state index in [1.54, 1.807) is 30.6 Å². The lowest BCUT2D eigenvalue weighted by Gasteiger charge is -2.24. The fraction of sp³-hybridized carbons (Fsp3) is 0.300. The summed E-state index contributed by atoms with van der Waals surface area (Å²) in [6.45, 7) is 1.65. The maximum atomic E-state index is 11.2. The van der Waals surface area contributed by atoms with E-state index in [4.69, 9.17) is 4.98 Å². The maximum Gasteiger partial charge on any atom is 0.335 e. The van der Waals surface area contributed by atoms with Gasteiger partial charge in [-0.05, 0) is 37.1 Å². The number of rotatable bonds is 5. The number of hydrogen-bond donors (Lipinski definition) is 1. The van der Waals surface area contributed by atoms with Crippen LogP contribution in [0.1, 0.15) is 40.5 Å². The van der Waals surface area contributed by atoms with Crippen molar-refractivity contribution in [2.45, 2.75) is 25.4 Å². The highest BCUT2D eigenvalue weighted by Crippen LogP contribution is 2.32. The van der Waals surface area contributed by atoms with Crippen molar-refractivity contribution in [1.29, 1.82) is 0 Å². The lowest BCUT2D eigenvalue weighted by Crippen LogP contribution is -2.24. The first kappa shape index (κ1) is 17.4. The fourth-order valence-corrected chi connectivity index (χ4v) is 3.65. The largest absolute Gasteiger partial charge is 0.478 e. The minimum absolute atomic E-state index is 0.172. The van der Waals surface area contributed by atoms with Crippen LogP contribution in [-0.4, -0.2) is 42.0 Å². The average Bonchev–Trinajstić information content (AvgIpc) is 3.31. The van der Waals surface area contributed by atoms with Crippen molar-refractivity contribution in [2.24, 2.45) is 7.05 Å². The molecule has 138 valence electrons. The summed E-state index contributed by atoms with van der Waals surface area (Å²) in [6.07, 6.45) is 9.29. The number of aromatic carboxylic acids is 1. The molecule has 0 spiro atoms. The van der Waals surface area contributed by atoms with Gasteiger partial charge in [0.15, 0.2) is 5.82 Å². The Morgan fingerprint density at radius 1 is 1.33 bits per heavy atom. The van der Waals surface area contributed by atoms with Crippen LogP contribution in [0.4, 0.5) is 0 Å². The van der Waals surface area contributed by atoms with Crippen molar-refractivity contribution in [1.82, 2.24) is 24.4 Å². The van der Waals surface area contributed by atoms with Gasteiger partial charge < -0.3 is 9.67 Å². The summed E-state index contributed by atoms with van der Waals surface area (Å²) in [6, 6.07) is 7.30. The van der Waals surface area contributed by atoms with Gasteiger partial charge in [0.25, 0.3) is 0 Å². The molecule has 27 heavy (non-hydrogen) atoms. The molecule has 0 amide bonds. The molecule has 1 saturated heterocycles. The Kier molecular flexibility index (Phi) is 4.68. The molecule has 1 fully saturated rings. The second-order valence-electron chi connectivity index (χ2n) is 6.82. The van der Waals surface area contributed by atoms with Gasteiger partial charge in [0.05, 0.1) is 29.7 Å². The van der Waals surface area contributed by atoms with Crippen molar-refractivity contribution < 1.29 is 9.90 Å². The molecular weight excluding hydrogens is 342 g/mol. The highest BCUT2D eigenvalue weighted by molar-refractivity contribution is 5.87. The van der Waals surface area contributed by atoms with Gasteiger partial charge in [0, 0.05) is 26.0 Å². The zero-order chi connectivity index (χ0) is 18.8. The average molecular weight is 363 g/mol. The number of likely N-dealkylation sites (tertiary alicyclic amines) is 1. The van der Waals surface area contributed by atoms with E-state index in [1.165, 1.54) is 0 Å². The molecule has 1 aliphatic heterocycles. The van der Waals surface area contributed by atoms with Crippen LogP contribution in [0.2, 0.25) is 0 Å². The van der Waals surface area contributed by atoms with Gasteiger partial charge in [-0.25, -0.2) is 14.8 Å². The van der Waals surface area contributed by atoms with E-state index in [9.17, 15) is 9.90 Å². The number of benzene rings is 1. The molecule has 2 aromatic heterocycles. The molecule has 0 unspecified atom stereocenters. The van der Waals surface area contributed by atoms with Gasteiger partial charge in [-0.1, -0.05) is 12.1 Å². The normalized spacial score (nSPS) is 17.3. The number of aromatic nitrogens is 4. The van der Waals surface area contributed by atoms with Gasteiger partial charge >= 0.3 is 5.97 Å². The van der Waals surface area contributed by atoms with E-state index in [2.05, 4.69) is 14.9 Å². The Bertz CT molecular complexity index is 968. The van der Waals surface area contributed by atoms with E-state index in [0.29, 0.717) is 12.1 Å². The predicted octanol–water partition coefficient (Wildman–Crippen LogP) is 2.91. The van der Waals surface area contributed by atoms with Gasteiger partial charge in [-0.2, -0.15) is 0 Å². The van der Waals surface area contributed by atoms with Crippen molar-refractivity contribution in [3.63, 3.8) is 0 Å². The summed E-state index contributed by atoms with van der Waals surface area (Å²) in [5.74, 6) is -0.105. The first-order valence-electron chi connectivity index (χ1n) is 8.98. The lowest BCUT2D eigenvalue weighted by atomic mass is 10.1. The molecule has 1 aromatic carbocycles. The summed E-state index contributed by atoms with van der Waals surface area (Å²) in [7, 11) is 1.94. The fourth-order valence-electron chi connectivity index (χ4n) is 3.65. The van der Waals surface area contributed by atoms with Crippen LogP contribution >= 0.6 is 0 Å². The number of carboxylic acid groups (broad SMARTS) is 1. The van der Waals surface area contributed by atoms with E-state index >= 15 is 0 Å². The predicted molar refractivity (Wildman–Crippen MR) is 100 cm³/mol. The molecule has 7 nitrogen and oxygen atoms in total. The molecule has 3 aromatic rings. The first-order valence-corrected chi connectivity index (χ1v) is 8.98. The Morgan fingerprint density at radius 2 is 2.22 bits per heavy atom. The summed E-state index contributed by atoms with van der Waals surface area (Å²) >= 11 is 0. The van der Waals surface area contributed by atoms with Crippen LogP contribution in [-0.2, 0) is 13.6 Å². The number of nitrogens with zero attached hydrogens (tertiary/aromatic N) is 5. The maximum absolute atomic E-state index is 11.2. The highest BCUT2D eigenvalue weighted by Gasteiger charge is 2.28. The Morgan fingerprint density at radius 3 is 3.00 bits per heavy atom. The molecule has 4 rings (SSSR count). The Balaban J connectivity index is 1.58. The lowest BCUT2D eigenvalue weighted by molar-refractivity contribution is 0.0696. The topological polar surface area (TPSA) is 84.1 Å². The first-order chi connectivity index (χ1) is 13.1. The molecule has 1 aliphatic rings. The van der Waals surface area contributed by atoms with Crippen molar-refractivity contribution >= 4 is 5.97 Å². The molecule has 3 heterocycles. The van der Waals surface area contributed by atoms with E-state index in [-0.39, 0.29) is 6.04 Å². The molecule has 1 N–H and O–H groups in total. The highest BCUT2D eigenvalue weighted by atomic mass is 16.4. The Hall–Kier alpha value is -3.06. The molecule has 1 atom stereocenters. The van der Waals surface area contributed by atoms with E-state index in [0.717, 1.165) is 42.2 Å². The SMILES string of the molecule is Cn1ccnc1-c1cncc([C@@H]2CCCN2Cc2cccc(C(=O)O)c2)n1. The van der Waals surface area contributed by atoms with Crippen LogP contribution in [0.15, 0.2) is 49.1 Å². The summed E-state index contributed by atoms with van der Waals surface area (Å²) in [5, 5.41) is 9.20. The van der Waals surface area contributed by atoms with E-state index < -0.39 is 5.97 Å².